The molecule has 3 heteroatoms. The summed E-state index contributed by atoms with van der Waals surface area (Å²) in [4.78, 5) is 11.6. The molecule has 0 heterocycles. The Morgan fingerprint density at radius 3 is 2.29 bits per heavy atom. The second kappa shape index (κ2) is 5.74. The number of halogens is 1. The Labute approximate surface area is 96.0 Å². The van der Waals surface area contributed by atoms with Gasteiger partial charge < -0.3 is 5.32 Å². The van der Waals surface area contributed by atoms with Crippen molar-refractivity contribution in [2.75, 3.05) is 0 Å². The van der Waals surface area contributed by atoms with E-state index in [4.69, 9.17) is 0 Å². The summed E-state index contributed by atoms with van der Waals surface area (Å²) >= 11 is 3.34. The van der Waals surface area contributed by atoms with Gasteiger partial charge in [0.1, 0.15) is 0 Å². The molecule has 0 aromatic carbocycles. The van der Waals surface area contributed by atoms with Crippen LogP contribution in [-0.4, -0.2) is 16.3 Å². The molecule has 1 amide bonds. The second-order valence-corrected chi connectivity index (χ2v) is 6.58. The molecule has 0 spiro atoms. The van der Waals surface area contributed by atoms with Crippen molar-refractivity contribution in [2.24, 2.45) is 5.92 Å². The Hall–Kier alpha value is -0.0500. The summed E-state index contributed by atoms with van der Waals surface area (Å²) < 4.78 is -0.462. The summed E-state index contributed by atoms with van der Waals surface area (Å²) in [5.41, 5.74) is 0. The number of rotatable bonds is 5. The zero-order chi connectivity index (χ0) is 11.4. The zero-order valence-electron chi connectivity index (χ0n) is 9.86. The molecule has 2 atom stereocenters. The monoisotopic (exact) mass is 263 g/mol. The van der Waals surface area contributed by atoms with E-state index in [1.807, 2.05) is 13.8 Å². The predicted molar refractivity (Wildman–Crippen MR) is 64.7 cm³/mol. The van der Waals surface area contributed by atoms with Gasteiger partial charge in [-0.1, -0.05) is 36.2 Å². The van der Waals surface area contributed by atoms with Crippen molar-refractivity contribution < 1.29 is 4.79 Å². The average Bonchev–Trinajstić information content (AvgIpc) is 2.02. The van der Waals surface area contributed by atoms with E-state index >= 15 is 0 Å². The first-order valence-corrected chi connectivity index (χ1v) is 6.06. The molecule has 14 heavy (non-hydrogen) atoms. The maximum atomic E-state index is 11.6. The standard InChI is InChI=1S/C11H22BrNO/c1-6-8(2)7-9(3)13-10(14)11(4,5)12/h8-9H,6-7H2,1-5H3,(H,13,14). The van der Waals surface area contributed by atoms with Crippen LogP contribution in [0, 0.1) is 5.92 Å². The van der Waals surface area contributed by atoms with Crippen molar-refractivity contribution in [3.05, 3.63) is 0 Å². The number of nitrogens with one attached hydrogen (secondary N) is 1. The van der Waals surface area contributed by atoms with Crippen LogP contribution in [0.2, 0.25) is 0 Å². The van der Waals surface area contributed by atoms with Crippen LogP contribution < -0.4 is 5.32 Å². The molecule has 0 aliphatic carbocycles. The Kier molecular flexibility index (Phi) is 5.72. The van der Waals surface area contributed by atoms with Crippen molar-refractivity contribution >= 4 is 21.8 Å². The molecule has 2 unspecified atom stereocenters. The van der Waals surface area contributed by atoms with E-state index in [2.05, 4.69) is 42.0 Å². The van der Waals surface area contributed by atoms with Crippen molar-refractivity contribution in [1.82, 2.24) is 5.32 Å². The first-order valence-electron chi connectivity index (χ1n) is 5.27. The van der Waals surface area contributed by atoms with Crippen LogP contribution in [0.4, 0.5) is 0 Å². The van der Waals surface area contributed by atoms with Gasteiger partial charge in [0.05, 0.1) is 4.32 Å². The van der Waals surface area contributed by atoms with Gasteiger partial charge in [0.25, 0.3) is 0 Å². The number of hydrogen-bond acceptors (Lipinski definition) is 1. The van der Waals surface area contributed by atoms with E-state index in [0.717, 1.165) is 12.8 Å². The normalized spacial score (nSPS) is 16.1. The van der Waals surface area contributed by atoms with Crippen LogP contribution >= 0.6 is 15.9 Å². The summed E-state index contributed by atoms with van der Waals surface area (Å²) in [5.74, 6) is 0.733. The number of carbonyl (C=O) groups excluding carboxylic acids is 1. The summed E-state index contributed by atoms with van der Waals surface area (Å²) in [5, 5.41) is 3.00. The number of hydrogen-bond donors (Lipinski definition) is 1. The van der Waals surface area contributed by atoms with Gasteiger partial charge >= 0.3 is 0 Å². The van der Waals surface area contributed by atoms with E-state index in [1.54, 1.807) is 0 Å². The second-order valence-electron chi connectivity index (χ2n) is 4.60. The maximum absolute atomic E-state index is 11.6. The lowest BCUT2D eigenvalue weighted by Crippen LogP contribution is -2.42. The minimum Gasteiger partial charge on any atom is -0.352 e. The number of carbonyl (C=O) groups is 1. The lowest BCUT2D eigenvalue weighted by Gasteiger charge is -2.22. The van der Waals surface area contributed by atoms with Crippen LogP contribution in [0.3, 0.4) is 0 Å². The zero-order valence-corrected chi connectivity index (χ0v) is 11.4. The van der Waals surface area contributed by atoms with Crippen LogP contribution in [0.1, 0.15) is 47.5 Å². The fourth-order valence-corrected chi connectivity index (χ4v) is 1.34. The maximum Gasteiger partial charge on any atom is 0.236 e. The van der Waals surface area contributed by atoms with E-state index in [9.17, 15) is 4.79 Å². The van der Waals surface area contributed by atoms with E-state index in [1.165, 1.54) is 0 Å². The molecule has 0 rings (SSSR count). The summed E-state index contributed by atoms with van der Waals surface area (Å²) in [6, 6.07) is 0.259. The molecule has 0 fully saturated rings. The highest BCUT2D eigenvalue weighted by Crippen LogP contribution is 2.17. The number of alkyl halides is 1. The van der Waals surface area contributed by atoms with Gasteiger partial charge in [-0.15, -0.1) is 0 Å². The van der Waals surface area contributed by atoms with Gasteiger partial charge in [-0.3, -0.25) is 4.79 Å². The van der Waals surface area contributed by atoms with Gasteiger partial charge in [-0.2, -0.15) is 0 Å². The molecule has 0 bridgehead atoms. The smallest absolute Gasteiger partial charge is 0.236 e. The molecular weight excluding hydrogens is 242 g/mol. The molecule has 1 N–H and O–H groups in total. The third kappa shape index (κ3) is 5.63. The van der Waals surface area contributed by atoms with E-state index in [0.29, 0.717) is 5.92 Å². The fourth-order valence-electron chi connectivity index (χ4n) is 1.22. The SMILES string of the molecule is CCC(C)CC(C)NC(=O)C(C)(C)Br. The molecule has 0 radical (unpaired) electrons. The fraction of sp³-hybridized carbons (Fsp3) is 0.909. The van der Waals surface area contributed by atoms with Gasteiger partial charge in [0.15, 0.2) is 0 Å². The van der Waals surface area contributed by atoms with Crippen LogP contribution in [-0.2, 0) is 4.79 Å². The van der Waals surface area contributed by atoms with Crippen LogP contribution in [0.15, 0.2) is 0 Å². The van der Waals surface area contributed by atoms with Gasteiger partial charge in [-0.05, 0) is 33.1 Å². The average molecular weight is 264 g/mol. The Bertz CT molecular complexity index is 186. The van der Waals surface area contributed by atoms with Crippen LogP contribution in [0.5, 0.6) is 0 Å². The van der Waals surface area contributed by atoms with Gasteiger partial charge in [0.2, 0.25) is 5.91 Å². The first kappa shape index (κ1) is 13.9. The highest BCUT2D eigenvalue weighted by atomic mass is 79.9. The Balaban J connectivity index is 3.95. The van der Waals surface area contributed by atoms with Gasteiger partial charge in [-0.25, -0.2) is 0 Å². The molecule has 0 aliphatic heterocycles. The molecule has 0 saturated heterocycles. The Morgan fingerprint density at radius 2 is 1.93 bits per heavy atom. The highest BCUT2D eigenvalue weighted by Gasteiger charge is 2.24. The van der Waals surface area contributed by atoms with Crippen molar-refractivity contribution in [3.8, 4) is 0 Å². The van der Waals surface area contributed by atoms with Crippen molar-refractivity contribution in [1.29, 1.82) is 0 Å². The Morgan fingerprint density at radius 1 is 1.43 bits per heavy atom. The molecule has 2 nitrogen and oxygen atoms in total. The molecule has 0 aromatic heterocycles. The molecule has 0 aromatic rings. The summed E-state index contributed by atoms with van der Waals surface area (Å²) in [6.45, 7) is 10.2. The van der Waals surface area contributed by atoms with Crippen molar-refractivity contribution in [3.63, 3.8) is 0 Å². The van der Waals surface area contributed by atoms with Crippen molar-refractivity contribution in [2.45, 2.75) is 57.8 Å². The third-order valence-corrected chi connectivity index (χ3v) is 2.73. The molecule has 84 valence electrons. The summed E-state index contributed by atoms with van der Waals surface area (Å²) in [7, 11) is 0. The third-order valence-electron chi connectivity index (χ3n) is 2.37. The molecule has 0 aliphatic rings. The summed E-state index contributed by atoms with van der Waals surface area (Å²) in [6.07, 6.45) is 2.21. The largest absolute Gasteiger partial charge is 0.352 e. The topological polar surface area (TPSA) is 29.1 Å². The quantitative estimate of drug-likeness (QED) is 0.759. The van der Waals surface area contributed by atoms with E-state index in [-0.39, 0.29) is 11.9 Å². The van der Waals surface area contributed by atoms with Crippen LogP contribution in [0.25, 0.3) is 0 Å². The highest BCUT2D eigenvalue weighted by molar-refractivity contribution is 9.10. The number of amides is 1. The van der Waals surface area contributed by atoms with Gasteiger partial charge in [0, 0.05) is 6.04 Å². The lowest BCUT2D eigenvalue weighted by atomic mass is 10.00. The first-order chi connectivity index (χ1) is 6.27. The molecule has 0 saturated carbocycles. The minimum absolute atomic E-state index is 0.0632. The predicted octanol–water partition coefficient (Wildman–Crippen LogP) is 3.10. The molecular formula is C11H22BrNO. The van der Waals surface area contributed by atoms with E-state index < -0.39 is 4.32 Å². The lowest BCUT2D eigenvalue weighted by molar-refractivity contribution is -0.123. The minimum atomic E-state index is -0.462.